The molecule has 0 aliphatic heterocycles. The molecular formula is C65H50N2O6-2. The summed E-state index contributed by atoms with van der Waals surface area (Å²) in [5.74, 6) is -4.57. The Balaban J connectivity index is 0.918. The number of phenols is 4. The molecule has 0 bridgehead atoms. The van der Waals surface area contributed by atoms with Crippen LogP contribution in [0.2, 0.25) is 0 Å². The van der Waals surface area contributed by atoms with Crippen molar-refractivity contribution < 1.29 is 30.6 Å². The van der Waals surface area contributed by atoms with Crippen LogP contribution in [-0.4, -0.2) is 32.1 Å². The monoisotopic (exact) mass is 954 g/mol. The topological polar surface area (TPSA) is 134 Å². The van der Waals surface area contributed by atoms with Gasteiger partial charge in [0.2, 0.25) is 0 Å². The molecular weight excluding hydrogens is 905 g/mol. The molecule has 2 unspecified atom stereocenters. The summed E-state index contributed by atoms with van der Waals surface area (Å²) < 4.78 is 0. The molecule has 0 aromatic heterocycles. The van der Waals surface area contributed by atoms with Crippen LogP contribution in [0.3, 0.4) is 0 Å². The van der Waals surface area contributed by atoms with Gasteiger partial charge in [0.1, 0.15) is 23.0 Å². The molecule has 8 nitrogen and oxygen atoms in total. The number of benzene rings is 10. The fourth-order valence-corrected chi connectivity index (χ4v) is 10.6. The molecule has 4 N–H and O–H groups in total. The van der Waals surface area contributed by atoms with Crippen LogP contribution in [0.15, 0.2) is 243 Å². The molecule has 10 aromatic carbocycles. The minimum Gasteiger partial charge on any atom is -0.851 e. The molecule has 1 aliphatic rings. The Morgan fingerprint density at radius 1 is 0.315 bits per heavy atom. The number of nitrogens with zero attached hydrogens (tertiary/aromatic N) is 2. The van der Waals surface area contributed by atoms with Crippen molar-refractivity contribution in [3.8, 4) is 67.5 Å². The Morgan fingerprint density at radius 2 is 0.521 bits per heavy atom. The largest absolute Gasteiger partial charge is 0.851 e. The highest BCUT2D eigenvalue weighted by molar-refractivity contribution is 5.84. The van der Waals surface area contributed by atoms with Crippen molar-refractivity contribution in [2.75, 3.05) is 9.80 Å². The maximum Gasteiger partial charge on any atom is 0.124 e. The number of rotatable bonds is 12. The Morgan fingerprint density at radius 3 is 0.726 bits per heavy atom. The standard InChI is InChI=1S/C65H50N2O6/c1-65(73)62(60-56(68)38-54(39-57(60)69)66(50-30-22-46(23-31-50)42-14-6-2-7-15-42)51-32-24-47(25-33-51)43-16-8-3-9-17-43)64(72)63(65)61-58(70)40-55(41-59(61)71)67(52-34-26-48(27-35-52)44-18-10-4-11-19-44)53-36-28-49(29-37-53)45-20-12-5-13-21-45/h2-41,62-64,68-71H,1H3/q-2. The van der Waals surface area contributed by atoms with E-state index in [0.29, 0.717) is 11.4 Å². The molecule has 0 spiro atoms. The maximum absolute atomic E-state index is 14.9. The third-order valence-corrected chi connectivity index (χ3v) is 14.2. The average Bonchev–Trinajstić information content (AvgIpc) is 3.43. The lowest BCUT2D eigenvalue weighted by atomic mass is 9.54. The number of aromatic hydroxyl groups is 4. The van der Waals surface area contributed by atoms with Crippen LogP contribution in [0.25, 0.3) is 44.5 Å². The molecule has 1 saturated carbocycles. The Labute approximate surface area is 424 Å². The zero-order valence-corrected chi connectivity index (χ0v) is 39.8. The number of phenolic OH excluding ortho intramolecular Hbond substituents is 4. The van der Waals surface area contributed by atoms with Gasteiger partial charge in [0, 0.05) is 58.1 Å². The van der Waals surface area contributed by atoms with Crippen LogP contribution in [0.1, 0.15) is 29.9 Å². The Hall–Kier alpha value is -9.08. The second-order valence-corrected chi connectivity index (χ2v) is 18.7. The highest BCUT2D eigenvalue weighted by Gasteiger charge is 2.50. The van der Waals surface area contributed by atoms with Gasteiger partial charge in [0.15, 0.2) is 0 Å². The van der Waals surface area contributed by atoms with Gasteiger partial charge in [-0.1, -0.05) is 177 Å². The van der Waals surface area contributed by atoms with Crippen LogP contribution in [0, 0.1) is 0 Å². The van der Waals surface area contributed by atoms with Crippen molar-refractivity contribution in [1.82, 2.24) is 0 Å². The molecule has 0 saturated heterocycles. The minimum atomic E-state index is -2.18. The van der Waals surface area contributed by atoms with E-state index >= 15 is 0 Å². The molecule has 1 fully saturated rings. The molecule has 0 heterocycles. The second-order valence-electron chi connectivity index (χ2n) is 18.7. The minimum absolute atomic E-state index is 0.184. The summed E-state index contributed by atoms with van der Waals surface area (Å²) >= 11 is 0. The first-order chi connectivity index (χ1) is 35.5. The van der Waals surface area contributed by atoms with Crippen LogP contribution >= 0.6 is 0 Å². The zero-order valence-electron chi connectivity index (χ0n) is 39.8. The average molecular weight is 955 g/mol. The van der Waals surface area contributed by atoms with Gasteiger partial charge in [-0.15, -0.1) is 11.7 Å². The molecule has 358 valence electrons. The lowest BCUT2D eigenvalue weighted by Crippen LogP contribution is -2.71. The van der Waals surface area contributed by atoms with Crippen molar-refractivity contribution in [3.63, 3.8) is 0 Å². The Kier molecular flexibility index (Phi) is 12.2. The maximum atomic E-state index is 14.9. The molecule has 0 radical (unpaired) electrons. The van der Waals surface area contributed by atoms with Crippen molar-refractivity contribution in [2.24, 2.45) is 0 Å². The fraction of sp³-hybridized carbons (Fsp3) is 0.0769. The third-order valence-electron chi connectivity index (χ3n) is 14.2. The van der Waals surface area contributed by atoms with Gasteiger partial charge >= 0.3 is 0 Å². The Bertz CT molecular complexity index is 3070. The number of anilines is 6. The molecule has 2 atom stereocenters. The fourth-order valence-electron chi connectivity index (χ4n) is 10.6. The summed E-state index contributed by atoms with van der Waals surface area (Å²) in [7, 11) is 0. The van der Waals surface area contributed by atoms with Gasteiger partial charge < -0.3 is 40.4 Å². The van der Waals surface area contributed by atoms with E-state index in [4.69, 9.17) is 0 Å². The summed E-state index contributed by atoms with van der Waals surface area (Å²) in [5, 5.41) is 76.9. The van der Waals surface area contributed by atoms with Crippen LogP contribution < -0.4 is 20.0 Å². The van der Waals surface area contributed by atoms with E-state index in [1.165, 1.54) is 31.2 Å². The van der Waals surface area contributed by atoms with Crippen LogP contribution in [0.4, 0.5) is 34.1 Å². The van der Waals surface area contributed by atoms with Crippen LogP contribution in [-0.2, 0) is 0 Å². The van der Waals surface area contributed by atoms with Gasteiger partial charge in [0.05, 0.1) is 11.4 Å². The van der Waals surface area contributed by atoms with Gasteiger partial charge in [-0.05, 0) is 105 Å². The zero-order chi connectivity index (χ0) is 50.2. The molecule has 11 rings (SSSR count). The van der Waals surface area contributed by atoms with E-state index in [1.54, 1.807) is 0 Å². The van der Waals surface area contributed by atoms with E-state index in [9.17, 15) is 30.6 Å². The third kappa shape index (κ3) is 8.80. The van der Waals surface area contributed by atoms with E-state index in [1.807, 2.05) is 228 Å². The smallest absolute Gasteiger partial charge is 0.124 e. The SMILES string of the molecule is CC1([O-])C(c2c(O)cc(N(c3ccc(-c4ccccc4)cc3)c3ccc(-c4ccccc4)cc3)cc2O)C([O-])C1c1c(O)cc(N(c2ccc(-c3ccccc3)cc2)c2ccc(-c3ccccc3)cc2)cc1O. The van der Waals surface area contributed by atoms with E-state index in [2.05, 4.69) is 0 Å². The predicted molar refractivity (Wildman–Crippen MR) is 288 cm³/mol. The molecule has 73 heavy (non-hydrogen) atoms. The lowest BCUT2D eigenvalue weighted by Gasteiger charge is -2.69. The summed E-state index contributed by atoms with van der Waals surface area (Å²) in [6.07, 6.45) is -1.76. The summed E-state index contributed by atoms with van der Waals surface area (Å²) in [6.45, 7) is 1.32. The lowest BCUT2D eigenvalue weighted by molar-refractivity contribution is -0.574. The van der Waals surface area contributed by atoms with Crippen molar-refractivity contribution in [2.45, 2.75) is 30.5 Å². The summed E-state index contributed by atoms with van der Waals surface area (Å²) in [5.41, 5.74) is 9.40. The van der Waals surface area contributed by atoms with Gasteiger partial charge in [-0.2, -0.15) is 0 Å². The molecule has 10 aromatic rings. The normalized spacial score (nSPS) is 17.1. The molecule has 0 amide bonds. The van der Waals surface area contributed by atoms with E-state index < -0.39 is 46.5 Å². The number of hydrogen-bond acceptors (Lipinski definition) is 8. The van der Waals surface area contributed by atoms with E-state index in [0.717, 1.165) is 67.3 Å². The highest BCUT2D eigenvalue weighted by atomic mass is 16.3. The van der Waals surface area contributed by atoms with Crippen molar-refractivity contribution in [1.29, 1.82) is 0 Å². The molecule has 8 heteroatoms. The van der Waals surface area contributed by atoms with Crippen LogP contribution in [0.5, 0.6) is 23.0 Å². The van der Waals surface area contributed by atoms with Gasteiger partial charge in [-0.25, -0.2) is 0 Å². The van der Waals surface area contributed by atoms with Gasteiger partial charge in [-0.3, -0.25) is 0 Å². The van der Waals surface area contributed by atoms with E-state index in [-0.39, 0.29) is 11.1 Å². The van der Waals surface area contributed by atoms with Crippen molar-refractivity contribution in [3.05, 3.63) is 254 Å². The molecule has 1 aliphatic carbocycles. The quantitative estimate of drug-likeness (QED) is 0.0951. The first kappa shape index (κ1) is 46.3. The van der Waals surface area contributed by atoms with Crippen molar-refractivity contribution >= 4 is 34.1 Å². The summed E-state index contributed by atoms with van der Waals surface area (Å²) in [6, 6.07) is 77.6. The second kappa shape index (κ2) is 19.3. The van der Waals surface area contributed by atoms with Gasteiger partial charge in [0.25, 0.3) is 0 Å². The first-order valence-corrected chi connectivity index (χ1v) is 24.2. The summed E-state index contributed by atoms with van der Waals surface area (Å²) in [4.78, 5) is 3.77. The number of hydrogen-bond donors (Lipinski definition) is 4. The highest BCUT2D eigenvalue weighted by Crippen LogP contribution is 2.60. The first-order valence-electron chi connectivity index (χ1n) is 24.2. The predicted octanol–water partition coefficient (Wildman–Crippen LogP) is 13.8.